The van der Waals surface area contributed by atoms with Gasteiger partial charge in [-0.25, -0.2) is 4.79 Å². The van der Waals surface area contributed by atoms with Crippen molar-refractivity contribution in [2.45, 2.75) is 51.0 Å². The van der Waals surface area contributed by atoms with Crippen molar-refractivity contribution in [3.63, 3.8) is 0 Å². The monoisotopic (exact) mass is 500 g/mol. The minimum atomic E-state index is -0.281. The molecular formula is C27H34Cl2N4O. The molecule has 34 heavy (non-hydrogen) atoms. The van der Waals surface area contributed by atoms with Crippen LogP contribution >= 0.6 is 23.2 Å². The molecule has 0 saturated heterocycles. The van der Waals surface area contributed by atoms with E-state index in [1.165, 1.54) is 37.4 Å². The van der Waals surface area contributed by atoms with Gasteiger partial charge in [0.05, 0.1) is 0 Å². The van der Waals surface area contributed by atoms with Crippen molar-refractivity contribution in [1.29, 1.82) is 0 Å². The van der Waals surface area contributed by atoms with Gasteiger partial charge in [0.15, 0.2) is 0 Å². The second-order valence-electron chi connectivity index (χ2n) is 8.77. The number of amides is 2. The van der Waals surface area contributed by atoms with Crippen molar-refractivity contribution in [2.75, 3.05) is 18.4 Å². The molecule has 3 rings (SSSR count). The lowest BCUT2D eigenvalue weighted by molar-refractivity contribution is 0.251. The van der Waals surface area contributed by atoms with Gasteiger partial charge in [0.1, 0.15) is 0 Å². The van der Waals surface area contributed by atoms with Crippen LogP contribution in [0.1, 0.15) is 56.1 Å². The van der Waals surface area contributed by atoms with Gasteiger partial charge in [-0.15, -0.1) is 0 Å². The molecule has 1 fully saturated rings. The summed E-state index contributed by atoms with van der Waals surface area (Å²) in [5.74, 6) is 0.185. The minimum absolute atomic E-state index is 0.185. The maximum atomic E-state index is 12.5. The lowest BCUT2D eigenvalue weighted by Crippen LogP contribution is -2.34. The first-order chi connectivity index (χ1) is 16.4. The van der Waals surface area contributed by atoms with Crippen LogP contribution in [0.5, 0.6) is 0 Å². The molecule has 182 valence electrons. The quantitative estimate of drug-likeness (QED) is 0.274. The summed E-state index contributed by atoms with van der Waals surface area (Å²) in [7, 11) is 0. The molecule has 0 aliphatic heterocycles. The molecule has 2 aromatic carbocycles. The van der Waals surface area contributed by atoms with E-state index in [2.05, 4.69) is 47.1 Å². The standard InChI is InChI=1S/C27H34Cl2N4O/c1-19(5-4-13-30)20-8-10-21(11-9-20)22(12-14-31-25-6-2-3-7-25)18-32-27(34)33-26-16-23(28)15-24(29)17-26/h4-5,8-11,13,15-17,22,25,31H,2-3,6-7,12,14,18,30H2,1H3,(H2,32,33,34)/b13-4-,19-5+. The number of benzene rings is 2. The molecular weight excluding hydrogens is 467 g/mol. The fraction of sp³-hybridized carbons (Fsp3) is 0.370. The molecule has 5 nitrogen and oxygen atoms in total. The highest BCUT2D eigenvalue weighted by molar-refractivity contribution is 6.35. The van der Waals surface area contributed by atoms with Gasteiger partial charge in [-0.1, -0.05) is 66.4 Å². The number of carbonyl (C=O) groups excluding carboxylic acids is 1. The Kier molecular flexibility index (Phi) is 10.3. The predicted molar refractivity (Wildman–Crippen MR) is 145 cm³/mol. The van der Waals surface area contributed by atoms with E-state index >= 15 is 0 Å². The van der Waals surface area contributed by atoms with Gasteiger partial charge in [-0.2, -0.15) is 0 Å². The van der Waals surface area contributed by atoms with Crippen molar-refractivity contribution in [3.05, 3.63) is 82.0 Å². The van der Waals surface area contributed by atoms with Crippen LogP contribution in [0.3, 0.4) is 0 Å². The highest BCUT2D eigenvalue weighted by Crippen LogP contribution is 2.24. The van der Waals surface area contributed by atoms with E-state index in [0.29, 0.717) is 28.3 Å². The maximum absolute atomic E-state index is 12.5. The van der Waals surface area contributed by atoms with Gasteiger partial charge < -0.3 is 21.7 Å². The molecule has 0 spiro atoms. The zero-order valence-electron chi connectivity index (χ0n) is 19.6. The molecule has 1 saturated carbocycles. The number of hydrogen-bond donors (Lipinski definition) is 4. The van der Waals surface area contributed by atoms with Crippen LogP contribution in [0.25, 0.3) is 5.57 Å². The summed E-state index contributed by atoms with van der Waals surface area (Å²) in [6.07, 6.45) is 11.4. The Balaban J connectivity index is 1.64. The molecule has 5 N–H and O–H groups in total. The zero-order valence-corrected chi connectivity index (χ0v) is 21.1. The average molecular weight is 502 g/mol. The van der Waals surface area contributed by atoms with Crippen LogP contribution in [0.15, 0.2) is 60.8 Å². The van der Waals surface area contributed by atoms with Crippen LogP contribution < -0.4 is 21.7 Å². The maximum Gasteiger partial charge on any atom is 0.319 e. The van der Waals surface area contributed by atoms with E-state index in [-0.39, 0.29) is 11.9 Å². The SMILES string of the molecule is C/C(=C\C=C/N)c1ccc(C(CCNC2CCCC2)CNC(=O)Nc2cc(Cl)cc(Cl)c2)cc1. The zero-order chi connectivity index (χ0) is 24.3. The molecule has 0 radical (unpaired) electrons. The van der Waals surface area contributed by atoms with E-state index in [1.807, 2.05) is 12.2 Å². The number of urea groups is 1. The molecule has 1 aliphatic carbocycles. The summed E-state index contributed by atoms with van der Waals surface area (Å²) in [6.45, 7) is 3.51. The van der Waals surface area contributed by atoms with Gasteiger partial charge in [-0.05, 0) is 79.9 Å². The van der Waals surface area contributed by atoms with Crippen molar-refractivity contribution in [2.24, 2.45) is 5.73 Å². The van der Waals surface area contributed by atoms with Crippen LogP contribution in [-0.2, 0) is 0 Å². The summed E-state index contributed by atoms with van der Waals surface area (Å²) in [5.41, 5.74) is 9.50. The Morgan fingerprint density at radius 2 is 1.79 bits per heavy atom. The molecule has 1 atom stereocenters. The predicted octanol–water partition coefficient (Wildman–Crippen LogP) is 6.70. The normalized spacial score (nSPS) is 15.6. The smallest absolute Gasteiger partial charge is 0.319 e. The molecule has 1 aliphatic rings. The summed E-state index contributed by atoms with van der Waals surface area (Å²) >= 11 is 12.1. The number of allylic oxidation sites excluding steroid dienone is 3. The van der Waals surface area contributed by atoms with Crippen molar-refractivity contribution < 1.29 is 4.79 Å². The van der Waals surface area contributed by atoms with E-state index in [9.17, 15) is 4.79 Å². The lowest BCUT2D eigenvalue weighted by atomic mass is 9.93. The first kappa shape index (κ1) is 26.1. The number of carbonyl (C=O) groups is 1. The van der Waals surface area contributed by atoms with E-state index < -0.39 is 0 Å². The molecule has 7 heteroatoms. The number of nitrogens with one attached hydrogen (secondary N) is 3. The Morgan fingerprint density at radius 1 is 1.12 bits per heavy atom. The molecule has 2 aromatic rings. The third kappa shape index (κ3) is 8.39. The van der Waals surface area contributed by atoms with E-state index in [1.54, 1.807) is 18.2 Å². The van der Waals surface area contributed by atoms with Crippen LogP contribution in [0, 0.1) is 0 Å². The lowest BCUT2D eigenvalue weighted by Gasteiger charge is -2.21. The number of rotatable bonds is 10. The fourth-order valence-electron chi connectivity index (χ4n) is 4.31. The minimum Gasteiger partial charge on any atom is -0.405 e. The first-order valence-corrected chi connectivity index (χ1v) is 12.6. The number of anilines is 1. The second-order valence-corrected chi connectivity index (χ2v) is 9.64. The van der Waals surface area contributed by atoms with Crippen molar-refractivity contribution in [1.82, 2.24) is 10.6 Å². The van der Waals surface area contributed by atoms with Gasteiger partial charge in [0.2, 0.25) is 0 Å². The molecule has 2 amide bonds. The number of halogens is 2. The van der Waals surface area contributed by atoms with Crippen molar-refractivity contribution >= 4 is 40.5 Å². The summed E-state index contributed by atoms with van der Waals surface area (Å²) in [6, 6.07) is 13.9. The van der Waals surface area contributed by atoms with Crippen LogP contribution in [0.2, 0.25) is 10.0 Å². The van der Waals surface area contributed by atoms with Crippen molar-refractivity contribution in [3.8, 4) is 0 Å². The summed E-state index contributed by atoms with van der Waals surface area (Å²) in [5, 5.41) is 10.5. The average Bonchev–Trinajstić information content (AvgIpc) is 3.32. The molecule has 0 aromatic heterocycles. The van der Waals surface area contributed by atoms with Crippen LogP contribution in [0.4, 0.5) is 10.5 Å². The number of nitrogens with two attached hydrogens (primary N) is 1. The van der Waals surface area contributed by atoms with Gasteiger partial charge in [0, 0.05) is 34.2 Å². The Bertz CT molecular complexity index is 978. The largest absolute Gasteiger partial charge is 0.405 e. The van der Waals surface area contributed by atoms with Gasteiger partial charge in [-0.3, -0.25) is 0 Å². The summed E-state index contributed by atoms with van der Waals surface area (Å²) < 4.78 is 0. The molecule has 1 unspecified atom stereocenters. The fourth-order valence-corrected chi connectivity index (χ4v) is 4.84. The topological polar surface area (TPSA) is 79.2 Å². The molecule has 0 bridgehead atoms. The summed E-state index contributed by atoms with van der Waals surface area (Å²) in [4.78, 5) is 12.5. The molecule has 0 heterocycles. The third-order valence-electron chi connectivity index (χ3n) is 6.21. The Morgan fingerprint density at radius 3 is 2.44 bits per heavy atom. The van der Waals surface area contributed by atoms with Crippen LogP contribution in [-0.4, -0.2) is 25.2 Å². The van der Waals surface area contributed by atoms with Gasteiger partial charge >= 0.3 is 6.03 Å². The highest BCUT2D eigenvalue weighted by Gasteiger charge is 2.17. The number of hydrogen-bond acceptors (Lipinski definition) is 3. The Hall–Kier alpha value is -2.47. The third-order valence-corrected chi connectivity index (χ3v) is 6.64. The first-order valence-electron chi connectivity index (χ1n) is 11.8. The highest BCUT2D eigenvalue weighted by atomic mass is 35.5. The Labute approximate surface area is 212 Å². The second kappa shape index (κ2) is 13.4. The van der Waals surface area contributed by atoms with E-state index in [4.69, 9.17) is 28.9 Å². The van der Waals surface area contributed by atoms with E-state index in [0.717, 1.165) is 24.1 Å². The van der Waals surface area contributed by atoms with Gasteiger partial charge in [0.25, 0.3) is 0 Å².